The molecule has 1 spiro atoms. The van der Waals surface area contributed by atoms with Crippen molar-refractivity contribution in [2.75, 3.05) is 18.5 Å². The van der Waals surface area contributed by atoms with E-state index in [1.54, 1.807) is 23.1 Å². The predicted octanol–water partition coefficient (Wildman–Crippen LogP) is 3.80. The maximum absolute atomic E-state index is 15.3. The molecule has 1 amide bonds. The Labute approximate surface area is 193 Å². The Morgan fingerprint density at radius 1 is 1.28 bits per heavy atom. The molecule has 0 bridgehead atoms. The fourth-order valence-electron chi connectivity index (χ4n) is 5.48. The first kappa shape index (κ1) is 21.6. The average Bonchev–Trinajstić information content (AvgIpc) is 3.45. The lowest BCUT2D eigenvalue weighted by Gasteiger charge is -2.38. The van der Waals surface area contributed by atoms with Gasteiger partial charge in [-0.15, -0.1) is 0 Å². The fourth-order valence-corrected chi connectivity index (χ4v) is 5.83. The summed E-state index contributed by atoms with van der Waals surface area (Å²) in [5.41, 5.74) is -0.691. The van der Waals surface area contributed by atoms with E-state index >= 15 is 4.39 Å². The van der Waals surface area contributed by atoms with Gasteiger partial charge in [0.2, 0.25) is 6.04 Å². The number of nitrogens with zero attached hydrogens (tertiary/aromatic N) is 2. The Morgan fingerprint density at radius 2 is 2.03 bits per heavy atom. The summed E-state index contributed by atoms with van der Waals surface area (Å²) in [4.78, 5) is 27.3. The molecule has 2 aromatic carbocycles. The van der Waals surface area contributed by atoms with Gasteiger partial charge in [-0.2, -0.15) is 0 Å². The number of nitrogens with one attached hydrogen (secondary N) is 1. The van der Waals surface area contributed by atoms with Crippen molar-refractivity contribution in [3.63, 3.8) is 0 Å². The van der Waals surface area contributed by atoms with E-state index in [1.165, 1.54) is 18.2 Å². The molecule has 1 unspecified atom stereocenters. The molecular weight excluding hydrogens is 460 g/mol. The maximum atomic E-state index is 15.3. The fraction of sp³-hybridized carbons (Fsp3) is 0.409. The van der Waals surface area contributed by atoms with Crippen LogP contribution in [-0.4, -0.2) is 46.1 Å². The van der Waals surface area contributed by atoms with Crippen LogP contribution in [0.5, 0.6) is 0 Å². The van der Waals surface area contributed by atoms with Gasteiger partial charge in [0.15, 0.2) is 0 Å². The summed E-state index contributed by atoms with van der Waals surface area (Å²) >= 11 is 12.2. The van der Waals surface area contributed by atoms with Gasteiger partial charge < -0.3 is 10.4 Å². The van der Waals surface area contributed by atoms with Crippen LogP contribution in [0.25, 0.3) is 0 Å². The minimum atomic E-state index is -1.58. The molecule has 0 radical (unpaired) electrons. The minimum Gasteiger partial charge on any atom is -0.394 e. The van der Waals surface area contributed by atoms with Crippen molar-refractivity contribution in [1.29, 1.82) is 0 Å². The van der Waals surface area contributed by atoms with Gasteiger partial charge in [-0.3, -0.25) is 19.8 Å². The summed E-state index contributed by atoms with van der Waals surface area (Å²) in [6.45, 7) is -0.168. The first-order chi connectivity index (χ1) is 15.3. The van der Waals surface area contributed by atoms with E-state index in [2.05, 4.69) is 5.32 Å². The largest absolute Gasteiger partial charge is 0.394 e. The van der Waals surface area contributed by atoms with Crippen molar-refractivity contribution in [2.24, 2.45) is 5.92 Å². The number of fused-ring (bicyclic) bond motifs is 2. The topological polar surface area (TPSA) is 95.7 Å². The van der Waals surface area contributed by atoms with Crippen molar-refractivity contribution in [1.82, 2.24) is 4.90 Å². The van der Waals surface area contributed by atoms with Gasteiger partial charge in [0, 0.05) is 33.3 Å². The molecule has 7 nitrogen and oxygen atoms in total. The molecule has 1 aliphatic carbocycles. The van der Waals surface area contributed by atoms with E-state index in [9.17, 15) is 20.0 Å². The highest BCUT2D eigenvalue weighted by Gasteiger charge is 2.71. The van der Waals surface area contributed by atoms with Gasteiger partial charge in [-0.05, 0) is 37.0 Å². The maximum Gasteiger partial charge on any atom is 0.250 e. The van der Waals surface area contributed by atoms with E-state index in [-0.39, 0.29) is 16.5 Å². The molecule has 2 fully saturated rings. The monoisotopic (exact) mass is 479 g/mol. The van der Waals surface area contributed by atoms with Gasteiger partial charge >= 0.3 is 0 Å². The number of amides is 1. The van der Waals surface area contributed by atoms with E-state index in [1.807, 2.05) is 0 Å². The second kappa shape index (κ2) is 7.66. The van der Waals surface area contributed by atoms with Crippen LogP contribution in [0, 0.1) is 21.8 Å². The Kier molecular flexibility index (Phi) is 5.16. The Hall–Kier alpha value is -2.26. The van der Waals surface area contributed by atoms with Gasteiger partial charge in [0.1, 0.15) is 17.4 Å². The zero-order valence-electron chi connectivity index (χ0n) is 16.8. The highest BCUT2D eigenvalue weighted by molar-refractivity contribution is 6.31. The Balaban J connectivity index is 1.83. The number of anilines is 1. The summed E-state index contributed by atoms with van der Waals surface area (Å²) < 4.78 is 15.3. The lowest BCUT2D eigenvalue weighted by atomic mass is 9.73. The number of rotatable bonds is 5. The molecule has 2 N–H and O–H groups in total. The molecule has 32 heavy (non-hydrogen) atoms. The van der Waals surface area contributed by atoms with Crippen molar-refractivity contribution >= 4 is 34.8 Å². The number of carbonyl (C=O) groups excluding carboxylic acids is 1. The normalized spacial score (nSPS) is 29.4. The summed E-state index contributed by atoms with van der Waals surface area (Å²) in [6.07, 6.45) is 1.86. The summed E-state index contributed by atoms with van der Waals surface area (Å²) in [6, 6.07) is 6.73. The van der Waals surface area contributed by atoms with E-state index in [0.717, 1.165) is 12.8 Å². The molecule has 4 atom stereocenters. The molecule has 1 saturated heterocycles. The molecule has 0 aromatic heterocycles. The zero-order chi connectivity index (χ0) is 22.8. The SMILES string of the molecule is O=C1Nc2cc(Cl)ccc2[C@@]12[C@@H](c1cccc(Cl)c1F)C([N+](=O)[O-])[C@H](CO)N2CC1CC1. The summed E-state index contributed by atoms with van der Waals surface area (Å²) in [5.74, 6) is -2.26. The van der Waals surface area contributed by atoms with Crippen LogP contribution in [-0.2, 0) is 10.3 Å². The number of halogens is 3. The highest BCUT2D eigenvalue weighted by Crippen LogP contribution is 2.59. The van der Waals surface area contributed by atoms with Gasteiger partial charge in [-0.1, -0.05) is 41.4 Å². The molecule has 1 saturated carbocycles. The molecule has 2 aromatic rings. The van der Waals surface area contributed by atoms with Crippen molar-refractivity contribution < 1.29 is 19.2 Å². The molecule has 168 valence electrons. The Bertz CT molecular complexity index is 1130. The average molecular weight is 480 g/mol. The third-order valence-corrected chi connectivity index (χ3v) is 7.45. The van der Waals surface area contributed by atoms with Crippen LogP contribution < -0.4 is 5.32 Å². The number of hydrogen-bond acceptors (Lipinski definition) is 5. The van der Waals surface area contributed by atoms with Crippen LogP contribution >= 0.6 is 23.2 Å². The zero-order valence-corrected chi connectivity index (χ0v) is 18.3. The van der Waals surface area contributed by atoms with Crippen LogP contribution in [0.2, 0.25) is 10.0 Å². The lowest BCUT2D eigenvalue weighted by molar-refractivity contribution is -0.528. The first-order valence-electron chi connectivity index (χ1n) is 10.4. The number of aliphatic hydroxyl groups excluding tert-OH is 1. The summed E-state index contributed by atoms with van der Waals surface area (Å²) in [7, 11) is 0. The molecule has 2 heterocycles. The van der Waals surface area contributed by atoms with Crippen LogP contribution in [0.4, 0.5) is 10.1 Å². The molecule has 10 heteroatoms. The number of benzene rings is 2. The number of aliphatic hydroxyl groups is 1. The number of carbonyl (C=O) groups is 1. The van der Waals surface area contributed by atoms with E-state index < -0.39 is 46.8 Å². The molecular formula is C22H20Cl2FN3O4. The van der Waals surface area contributed by atoms with Crippen molar-refractivity contribution in [3.05, 3.63) is 73.5 Å². The first-order valence-corrected chi connectivity index (χ1v) is 11.1. The van der Waals surface area contributed by atoms with Gasteiger partial charge in [0.05, 0.1) is 17.5 Å². The highest BCUT2D eigenvalue weighted by atomic mass is 35.5. The van der Waals surface area contributed by atoms with Crippen molar-refractivity contribution in [2.45, 2.75) is 36.4 Å². The van der Waals surface area contributed by atoms with E-state index in [4.69, 9.17) is 23.2 Å². The predicted molar refractivity (Wildman–Crippen MR) is 117 cm³/mol. The molecule has 5 rings (SSSR count). The van der Waals surface area contributed by atoms with E-state index in [0.29, 0.717) is 22.8 Å². The lowest BCUT2D eigenvalue weighted by Crippen LogP contribution is -2.53. The molecule has 3 aliphatic rings. The van der Waals surface area contributed by atoms with Crippen molar-refractivity contribution in [3.8, 4) is 0 Å². The third-order valence-electron chi connectivity index (χ3n) is 6.92. The summed E-state index contributed by atoms with van der Waals surface area (Å²) in [5, 5.41) is 25.7. The molecule has 2 aliphatic heterocycles. The van der Waals surface area contributed by atoms with Crippen LogP contribution in [0.15, 0.2) is 36.4 Å². The number of nitro groups is 1. The smallest absolute Gasteiger partial charge is 0.250 e. The third kappa shape index (κ3) is 2.97. The van der Waals surface area contributed by atoms with Crippen LogP contribution in [0.3, 0.4) is 0 Å². The number of hydrogen-bond donors (Lipinski definition) is 2. The quantitative estimate of drug-likeness (QED) is 0.502. The minimum absolute atomic E-state index is 0.0195. The standard InChI is InChI=1S/C22H20Cl2FN3O4/c23-12-6-7-14-16(8-12)26-21(30)22(14)18(13-2-1-3-15(24)19(13)25)20(28(31)32)17(10-29)27(22)9-11-4-5-11/h1-3,6-8,11,17-18,20,29H,4-5,9-10H2,(H,26,30)/t17-,18-,20?,22+/m0/s1. The van der Waals surface area contributed by atoms with Gasteiger partial charge in [0.25, 0.3) is 5.91 Å². The number of likely N-dealkylation sites (tertiary alicyclic amines) is 1. The second-order valence-electron chi connectivity index (χ2n) is 8.65. The van der Waals surface area contributed by atoms with Crippen LogP contribution in [0.1, 0.15) is 29.9 Å². The Morgan fingerprint density at radius 3 is 2.69 bits per heavy atom. The second-order valence-corrected chi connectivity index (χ2v) is 9.50. The van der Waals surface area contributed by atoms with Gasteiger partial charge in [-0.25, -0.2) is 4.39 Å².